The highest BCUT2D eigenvalue weighted by atomic mass is 16.5. The van der Waals surface area contributed by atoms with Crippen molar-refractivity contribution in [3.05, 3.63) is 29.2 Å². The van der Waals surface area contributed by atoms with Crippen LogP contribution >= 0.6 is 0 Å². The van der Waals surface area contributed by atoms with Crippen LogP contribution in [-0.4, -0.2) is 55.9 Å². The molecule has 7 nitrogen and oxygen atoms in total. The van der Waals surface area contributed by atoms with Gasteiger partial charge in [0.05, 0.1) is 18.8 Å². The van der Waals surface area contributed by atoms with E-state index in [1.165, 1.54) is 38.8 Å². The SMILES string of the molecule is CCc1cc(CN2CCC[C@H](c3nnc(CN4CCCC4)n3C)C2)on1. The summed E-state index contributed by atoms with van der Waals surface area (Å²) in [6, 6.07) is 2.08. The van der Waals surface area contributed by atoms with Crippen molar-refractivity contribution in [2.45, 2.75) is 58.0 Å². The Balaban J connectivity index is 1.40. The fraction of sp³-hybridized carbons (Fsp3) is 0.737. The Bertz CT molecular complexity index is 717. The average molecular weight is 358 g/mol. The van der Waals surface area contributed by atoms with E-state index in [4.69, 9.17) is 4.52 Å². The quantitative estimate of drug-likeness (QED) is 0.790. The van der Waals surface area contributed by atoms with Gasteiger partial charge in [-0.2, -0.15) is 0 Å². The lowest BCUT2D eigenvalue weighted by molar-refractivity contribution is 0.176. The lowest BCUT2D eigenvalue weighted by Gasteiger charge is -2.31. The fourth-order valence-corrected chi connectivity index (χ4v) is 4.24. The molecular formula is C19H30N6O. The summed E-state index contributed by atoms with van der Waals surface area (Å²) in [5.74, 6) is 3.65. The minimum atomic E-state index is 0.446. The molecule has 4 rings (SSSR count). The van der Waals surface area contributed by atoms with E-state index in [-0.39, 0.29) is 0 Å². The van der Waals surface area contributed by atoms with Crippen molar-refractivity contribution in [2.75, 3.05) is 26.2 Å². The number of aromatic nitrogens is 4. The first-order chi connectivity index (χ1) is 12.7. The largest absolute Gasteiger partial charge is 0.360 e. The Morgan fingerprint density at radius 1 is 1.08 bits per heavy atom. The first-order valence-electron chi connectivity index (χ1n) is 10.00. The van der Waals surface area contributed by atoms with Crippen LogP contribution < -0.4 is 0 Å². The minimum Gasteiger partial charge on any atom is -0.360 e. The van der Waals surface area contributed by atoms with Crippen LogP contribution in [0.2, 0.25) is 0 Å². The lowest BCUT2D eigenvalue weighted by atomic mass is 9.97. The van der Waals surface area contributed by atoms with Gasteiger partial charge in [-0.25, -0.2) is 0 Å². The first-order valence-corrected chi connectivity index (χ1v) is 10.00. The standard InChI is InChI=1S/C19H30N6O/c1-3-16-11-17(26-22-16)13-25-10-6-7-15(12-25)19-21-20-18(23(19)2)14-24-8-4-5-9-24/h11,15H,3-10,12-14H2,1-2H3/t15-/m0/s1. The molecule has 2 saturated heterocycles. The van der Waals surface area contributed by atoms with Crippen molar-refractivity contribution in [3.63, 3.8) is 0 Å². The average Bonchev–Trinajstić information content (AvgIpc) is 3.39. The molecule has 2 fully saturated rings. The highest BCUT2D eigenvalue weighted by Crippen LogP contribution is 2.27. The van der Waals surface area contributed by atoms with Crippen LogP contribution in [-0.2, 0) is 26.6 Å². The highest BCUT2D eigenvalue weighted by Gasteiger charge is 2.27. The van der Waals surface area contributed by atoms with E-state index < -0.39 is 0 Å². The summed E-state index contributed by atoms with van der Waals surface area (Å²) < 4.78 is 7.70. The van der Waals surface area contributed by atoms with Gasteiger partial charge < -0.3 is 9.09 Å². The molecule has 0 N–H and O–H groups in total. The first kappa shape index (κ1) is 17.7. The topological polar surface area (TPSA) is 63.2 Å². The third-order valence-electron chi connectivity index (χ3n) is 5.78. The van der Waals surface area contributed by atoms with E-state index in [1.807, 2.05) is 0 Å². The van der Waals surface area contributed by atoms with Crippen LogP contribution in [0, 0.1) is 0 Å². The summed E-state index contributed by atoms with van der Waals surface area (Å²) in [5.41, 5.74) is 1.04. The summed E-state index contributed by atoms with van der Waals surface area (Å²) in [6.07, 6.45) is 5.91. The summed E-state index contributed by atoms with van der Waals surface area (Å²) in [5, 5.41) is 13.2. The van der Waals surface area contributed by atoms with Crippen molar-refractivity contribution in [3.8, 4) is 0 Å². The fourth-order valence-electron chi connectivity index (χ4n) is 4.24. The zero-order valence-corrected chi connectivity index (χ0v) is 16.0. The predicted molar refractivity (Wildman–Crippen MR) is 98.6 cm³/mol. The van der Waals surface area contributed by atoms with Crippen LogP contribution in [0.1, 0.15) is 61.6 Å². The Hall–Kier alpha value is -1.73. The third kappa shape index (κ3) is 3.83. The number of aryl methyl sites for hydroxylation is 1. The number of hydrogen-bond acceptors (Lipinski definition) is 6. The lowest BCUT2D eigenvalue weighted by Crippen LogP contribution is -2.34. The zero-order valence-electron chi connectivity index (χ0n) is 16.0. The van der Waals surface area contributed by atoms with Crippen LogP contribution in [0.15, 0.2) is 10.6 Å². The summed E-state index contributed by atoms with van der Waals surface area (Å²) in [7, 11) is 2.13. The van der Waals surface area contributed by atoms with Gasteiger partial charge >= 0.3 is 0 Å². The molecule has 0 bridgehead atoms. The van der Waals surface area contributed by atoms with Gasteiger partial charge in [0, 0.05) is 25.6 Å². The van der Waals surface area contributed by atoms with Crippen molar-refractivity contribution in [2.24, 2.45) is 7.05 Å². The molecule has 2 aliphatic rings. The molecule has 1 atom stereocenters. The molecular weight excluding hydrogens is 328 g/mol. The van der Waals surface area contributed by atoms with E-state index in [0.29, 0.717) is 5.92 Å². The van der Waals surface area contributed by atoms with Gasteiger partial charge in [-0.05, 0) is 51.7 Å². The third-order valence-corrected chi connectivity index (χ3v) is 5.78. The van der Waals surface area contributed by atoms with Crippen molar-refractivity contribution >= 4 is 0 Å². The van der Waals surface area contributed by atoms with Crippen molar-refractivity contribution < 1.29 is 4.52 Å². The maximum absolute atomic E-state index is 5.47. The molecule has 0 aliphatic carbocycles. The molecule has 26 heavy (non-hydrogen) atoms. The number of nitrogens with zero attached hydrogens (tertiary/aromatic N) is 6. The number of rotatable bonds is 6. The van der Waals surface area contributed by atoms with Gasteiger partial charge in [0.15, 0.2) is 5.76 Å². The van der Waals surface area contributed by atoms with Crippen LogP contribution in [0.3, 0.4) is 0 Å². The minimum absolute atomic E-state index is 0.446. The monoisotopic (exact) mass is 358 g/mol. The van der Waals surface area contributed by atoms with Gasteiger partial charge in [-0.15, -0.1) is 10.2 Å². The van der Waals surface area contributed by atoms with Crippen molar-refractivity contribution in [1.82, 2.24) is 29.7 Å². The molecule has 2 aromatic heterocycles. The Morgan fingerprint density at radius 2 is 1.88 bits per heavy atom. The molecule has 0 saturated carbocycles. The smallest absolute Gasteiger partial charge is 0.150 e. The summed E-state index contributed by atoms with van der Waals surface area (Å²) >= 11 is 0. The molecule has 4 heterocycles. The van der Waals surface area contributed by atoms with E-state index in [9.17, 15) is 0 Å². The molecule has 142 valence electrons. The molecule has 0 amide bonds. The zero-order chi connectivity index (χ0) is 17.9. The molecule has 0 radical (unpaired) electrons. The van der Waals surface area contributed by atoms with Gasteiger partial charge in [-0.3, -0.25) is 9.80 Å². The van der Waals surface area contributed by atoms with Crippen molar-refractivity contribution in [1.29, 1.82) is 0 Å². The molecule has 0 aromatic carbocycles. The van der Waals surface area contributed by atoms with E-state index in [1.54, 1.807) is 0 Å². The van der Waals surface area contributed by atoms with Gasteiger partial charge in [0.1, 0.15) is 11.6 Å². The van der Waals surface area contributed by atoms with Crippen LogP contribution in [0.25, 0.3) is 0 Å². The number of likely N-dealkylation sites (tertiary alicyclic amines) is 2. The van der Waals surface area contributed by atoms with Gasteiger partial charge in [0.25, 0.3) is 0 Å². The summed E-state index contributed by atoms with van der Waals surface area (Å²) in [6.45, 7) is 8.37. The highest BCUT2D eigenvalue weighted by molar-refractivity contribution is 5.07. The second-order valence-corrected chi connectivity index (χ2v) is 7.73. The molecule has 0 spiro atoms. The second kappa shape index (κ2) is 7.88. The number of hydrogen-bond donors (Lipinski definition) is 0. The summed E-state index contributed by atoms with van der Waals surface area (Å²) in [4.78, 5) is 4.94. The Labute approximate surface area is 155 Å². The van der Waals surface area contributed by atoms with Crippen LogP contribution in [0.5, 0.6) is 0 Å². The maximum atomic E-state index is 5.47. The van der Waals surface area contributed by atoms with Gasteiger partial charge in [0.2, 0.25) is 0 Å². The Kier molecular flexibility index (Phi) is 5.36. The second-order valence-electron chi connectivity index (χ2n) is 7.73. The van der Waals surface area contributed by atoms with Gasteiger partial charge in [-0.1, -0.05) is 12.1 Å². The Morgan fingerprint density at radius 3 is 2.65 bits per heavy atom. The molecule has 2 aliphatic heterocycles. The molecule has 0 unspecified atom stereocenters. The molecule has 7 heteroatoms. The van der Waals surface area contributed by atoms with Crippen LogP contribution in [0.4, 0.5) is 0 Å². The van der Waals surface area contributed by atoms with E-state index in [2.05, 4.69) is 49.8 Å². The van der Waals surface area contributed by atoms with E-state index >= 15 is 0 Å². The predicted octanol–water partition coefficient (Wildman–Crippen LogP) is 2.34. The normalized spacial score (nSPS) is 22.3. The number of piperidine rings is 1. The van der Waals surface area contributed by atoms with E-state index in [0.717, 1.165) is 55.7 Å². The maximum Gasteiger partial charge on any atom is 0.150 e. The molecule has 2 aromatic rings.